The van der Waals surface area contributed by atoms with Gasteiger partial charge in [0.05, 0.1) is 22.1 Å². The van der Waals surface area contributed by atoms with E-state index in [9.17, 15) is 0 Å². The highest BCUT2D eigenvalue weighted by Crippen LogP contribution is 2.57. The molecule has 2 aromatic heterocycles. The number of fused-ring (bicyclic) bond motifs is 19. The van der Waals surface area contributed by atoms with E-state index in [2.05, 4.69) is 401 Å². The van der Waals surface area contributed by atoms with Crippen molar-refractivity contribution in [2.24, 2.45) is 0 Å². The highest BCUT2D eigenvalue weighted by molar-refractivity contribution is 6.19. The van der Waals surface area contributed by atoms with Crippen molar-refractivity contribution in [2.45, 2.75) is 50.4 Å². The second-order valence-electron chi connectivity index (χ2n) is 30.6. The van der Waals surface area contributed by atoms with Crippen molar-refractivity contribution in [3.8, 4) is 100 Å². The van der Waals surface area contributed by atoms with Crippen LogP contribution in [0.3, 0.4) is 0 Å². The number of rotatable bonds is 8. The van der Waals surface area contributed by atoms with Crippen molar-refractivity contribution in [3.63, 3.8) is 0 Å². The molecule has 0 spiro atoms. The van der Waals surface area contributed by atoms with E-state index in [4.69, 9.17) is 0 Å². The fraction of sp³-hybridized carbons (Fsp3) is 0.0769. The van der Waals surface area contributed by atoms with E-state index in [-0.39, 0.29) is 22.7 Å². The van der Waals surface area contributed by atoms with Gasteiger partial charge in [-0.15, -0.1) is 0 Å². The predicted molar refractivity (Wildman–Crippen MR) is 444 cm³/mol. The van der Waals surface area contributed by atoms with Crippen LogP contribution >= 0.6 is 0 Å². The zero-order valence-corrected chi connectivity index (χ0v) is 59.7. The van der Waals surface area contributed by atoms with Gasteiger partial charge in [0.15, 0.2) is 0 Å². The van der Waals surface area contributed by atoms with Crippen LogP contribution in [-0.2, 0) is 10.8 Å². The molecule has 4 aliphatic carbocycles. The lowest BCUT2D eigenvalue weighted by Crippen LogP contribution is -2.14. The van der Waals surface area contributed by atoms with Crippen LogP contribution in [0.5, 0.6) is 0 Å². The Bertz CT molecular complexity index is 6530. The average molecular weight is 1350 g/mol. The maximum absolute atomic E-state index is 2.50. The van der Waals surface area contributed by atoms with Gasteiger partial charge in [-0.25, -0.2) is 0 Å². The molecule has 0 bridgehead atoms. The third-order valence-electron chi connectivity index (χ3n) is 24.2. The van der Waals surface area contributed by atoms with Crippen LogP contribution in [0.4, 0.5) is 0 Å². The third kappa shape index (κ3) is 9.43. The van der Waals surface area contributed by atoms with E-state index in [1.54, 1.807) is 0 Å². The average Bonchev–Trinajstić information content (AvgIpc) is 1.56. The molecular formula is C104H74N2. The molecule has 16 aromatic carbocycles. The maximum atomic E-state index is 2.50. The number of hydrogen-bond donors (Lipinski definition) is 0. The van der Waals surface area contributed by atoms with E-state index in [0.717, 1.165) is 0 Å². The highest BCUT2D eigenvalue weighted by Gasteiger charge is 2.39. The maximum Gasteiger partial charge on any atom is 0.0547 e. The van der Waals surface area contributed by atoms with Gasteiger partial charge in [0, 0.05) is 55.6 Å². The lowest BCUT2D eigenvalue weighted by atomic mass is 9.82. The second-order valence-corrected chi connectivity index (χ2v) is 30.6. The molecule has 500 valence electrons. The zero-order chi connectivity index (χ0) is 70.5. The Morgan fingerprint density at radius 3 is 1.16 bits per heavy atom. The van der Waals surface area contributed by atoms with Gasteiger partial charge < -0.3 is 9.13 Å². The highest BCUT2D eigenvalue weighted by atomic mass is 15.0. The minimum Gasteiger partial charge on any atom is -0.309 e. The quantitative estimate of drug-likeness (QED) is 0.143. The van der Waals surface area contributed by atoms with Crippen LogP contribution < -0.4 is 0 Å². The fourth-order valence-corrected chi connectivity index (χ4v) is 19.1. The molecule has 4 aliphatic rings. The number of benzene rings is 16. The predicted octanol–water partition coefficient (Wildman–Crippen LogP) is 27.2. The van der Waals surface area contributed by atoms with Gasteiger partial charge in [-0.05, 0) is 224 Å². The van der Waals surface area contributed by atoms with Crippen LogP contribution in [0.2, 0.25) is 0 Å². The van der Waals surface area contributed by atoms with Gasteiger partial charge in [0.1, 0.15) is 0 Å². The summed E-state index contributed by atoms with van der Waals surface area (Å²) in [7, 11) is 0. The van der Waals surface area contributed by atoms with Crippen LogP contribution in [0.1, 0.15) is 95.2 Å². The molecule has 18 aromatic rings. The molecule has 2 heterocycles. The Morgan fingerprint density at radius 2 is 0.604 bits per heavy atom. The number of aromatic nitrogens is 2. The van der Waals surface area contributed by atoms with Gasteiger partial charge in [-0.3, -0.25) is 0 Å². The molecule has 2 heteroatoms. The van der Waals surface area contributed by atoms with E-state index >= 15 is 0 Å². The molecule has 0 N–H and O–H groups in total. The van der Waals surface area contributed by atoms with Gasteiger partial charge in [-0.2, -0.15) is 0 Å². The summed E-state index contributed by atoms with van der Waals surface area (Å²) in [6, 6.07) is 135. The molecule has 2 nitrogen and oxygen atoms in total. The largest absolute Gasteiger partial charge is 0.309 e. The first-order valence-electron chi connectivity index (χ1n) is 37.4. The van der Waals surface area contributed by atoms with Gasteiger partial charge in [-0.1, -0.05) is 313 Å². The summed E-state index contributed by atoms with van der Waals surface area (Å²) >= 11 is 0. The summed E-state index contributed by atoms with van der Waals surface area (Å²) in [6.45, 7) is 9.51. The van der Waals surface area contributed by atoms with E-state index in [0.29, 0.717) is 0 Å². The Hall–Kier alpha value is -12.9. The molecule has 22 rings (SSSR count). The Morgan fingerprint density at radius 1 is 0.217 bits per heavy atom. The molecule has 106 heavy (non-hydrogen) atoms. The minimum absolute atomic E-state index is 0.0813. The normalized spacial score (nSPS) is 14.9. The second kappa shape index (κ2) is 23.8. The van der Waals surface area contributed by atoms with Crippen LogP contribution in [-0.4, -0.2) is 9.13 Å². The first kappa shape index (κ1) is 61.8. The molecule has 0 amide bonds. The molecule has 0 radical (unpaired) electrons. The Balaban J connectivity index is 0.000000136. The first-order chi connectivity index (χ1) is 52.1. The van der Waals surface area contributed by atoms with E-state index in [1.807, 2.05) is 0 Å². The summed E-state index contributed by atoms with van der Waals surface area (Å²) in [6.07, 6.45) is 0. The summed E-state index contributed by atoms with van der Waals surface area (Å²) in [5.74, 6) is 0.493. The summed E-state index contributed by atoms with van der Waals surface area (Å²) in [5, 5.41) is 5.19. The van der Waals surface area contributed by atoms with Gasteiger partial charge >= 0.3 is 0 Å². The molecule has 0 aliphatic heterocycles. The van der Waals surface area contributed by atoms with Crippen molar-refractivity contribution in [2.75, 3.05) is 0 Å². The van der Waals surface area contributed by atoms with Gasteiger partial charge in [0.2, 0.25) is 0 Å². The van der Waals surface area contributed by atoms with Crippen LogP contribution in [0.15, 0.2) is 364 Å². The lowest BCUT2D eigenvalue weighted by Gasteiger charge is -2.21. The van der Waals surface area contributed by atoms with E-state index < -0.39 is 0 Å². The summed E-state index contributed by atoms with van der Waals surface area (Å²) < 4.78 is 4.97. The Labute approximate surface area is 619 Å². The summed E-state index contributed by atoms with van der Waals surface area (Å²) in [5.41, 5.74) is 41.5. The van der Waals surface area contributed by atoms with Crippen LogP contribution in [0.25, 0.3) is 144 Å². The van der Waals surface area contributed by atoms with Crippen molar-refractivity contribution in [1.82, 2.24) is 9.13 Å². The van der Waals surface area contributed by atoms with Crippen molar-refractivity contribution in [1.29, 1.82) is 0 Å². The first-order valence-corrected chi connectivity index (χ1v) is 37.4. The zero-order valence-electron chi connectivity index (χ0n) is 59.7. The summed E-state index contributed by atoms with van der Waals surface area (Å²) in [4.78, 5) is 0. The van der Waals surface area contributed by atoms with Gasteiger partial charge in [0.25, 0.3) is 0 Å². The molecule has 0 saturated carbocycles. The molecular weight excluding hydrogens is 1280 g/mol. The smallest absolute Gasteiger partial charge is 0.0547 e. The minimum atomic E-state index is -0.0813. The number of nitrogens with zero attached hydrogens (tertiary/aromatic N) is 2. The molecule has 2 atom stereocenters. The topological polar surface area (TPSA) is 9.86 Å². The lowest BCUT2D eigenvalue weighted by molar-refractivity contribution is 0.661. The van der Waals surface area contributed by atoms with Crippen molar-refractivity contribution in [3.05, 3.63) is 420 Å². The van der Waals surface area contributed by atoms with Crippen LogP contribution in [0, 0.1) is 0 Å². The molecule has 0 fully saturated rings. The Kier molecular flexibility index (Phi) is 13.9. The monoisotopic (exact) mass is 1350 g/mol. The van der Waals surface area contributed by atoms with E-state index in [1.165, 1.54) is 200 Å². The fourth-order valence-electron chi connectivity index (χ4n) is 19.1. The molecule has 0 saturated heterocycles. The van der Waals surface area contributed by atoms with Crippen molar-refractivity contribution < 1.29 is 0 Å². The van der Waals surface area contributed by atoms with Crippen molar-refractivity contribution >= 4 is 43.6 Å². The number of hydrogen-bond acceptors (Lipinski definition) is 0. The SMILES string of the molecule is CC1(C)c2ccccc2-c2c1ccc1c2c2cc(-c3ccc4c(c3)-c3ccccc3C4c3ccccc3)ccc2n1-c1cccc(-c2ccccc2)c1.CC1(C)c2ccccc2-c2cc3c(cc21)c1cc(-c2ccc4c(c2)-c2ccccc2C4c2ccccc2)ccc1n3-c1cccc(-c2ccccc2)c1. The molecule has 2 unspecified atom stereocenters. The standard InChI is InChI=1S/2C52H37N/c1-52(2)47-23-12-11-21-40(47)44-32-50-46(31-48(44)52)45-30-37(25-27-49(45)53(50)38-19-13-18-35(28-38)33-14-5-3-6-15-33)36-24-26-42-43(29-36)39-20-9-10-22-41(39)51(42)34-16-7-4-8-17-34;1-52(2)45-23-12-11-22-42(45)50-46(52)27-29-48-51(50)44-32-37(25-28-47(44)53(48)38-19-13-18-35(30-38)33-14-5-3-6-15-33)36-24-26-41-43(31-36)39-20-9-10-21-40(39)49(41)34-16-7-4-8-17-34/h3-32,51H,1-2H3;3-32,49H,1-2H3. The third-order valence-corrected chi connectivity index (χ3v) is 24.2.